The number of carbonyl (C=O) groups excluding carboxylic acids is 1. The van der Waals surface area contributed by atoms with Gasteiger partial charge < -0.3 is 9.64 Å². The van der Waals surface area contributed by atoms with E-state index in [1.165, 1.54) is 7.11 Å². The van der Waals surface area contributed by atoms with Gasteiger partial charge in [-0.05, 0) is 18.2 Å². The summed E-state index contributed by atoms with van der Waals surface area (Å²) in [7, 11) is 1.54. The quantitative estimate of drug-likeness (QED) is 0.809. The van der Waals surface area contributed by atoms with E-state index in [0.717, 1.165) is 0 Å². The van der Waals surface area contributed by atoms with Crippen molar-refractivity contribution in [2.45, 2.75) is 6.42 Å². The number of carbonyl (C=O) groups is 1. The van der Waals surface area contributed by atoms with Crippen LogP contribution in [0.2, 0.25) is 5.02 Å². The Morgan fingerprint density at radius 3 is 2.94 bits per heavy atom. The van der Waals surface area contributed by atoms with Crippen LogP contribution < -0.4 is 9.64 Å². The van der Waals surface area contributed by atoms with Gasteiger partial charge in [-0.1, -0.05) is 11.6 Å². The Morgan fingerprint density at radius 1 is 1.59 bits per heavy atom. The first-order valence-electron chi connectivity index (χ1n) is 5.19. The highest BCUT2D eigenvalue weighted by Crippen LogP contribution is 2.34. The van der Waals surface area contributed by atoms with Gasteiger partial charge in [0.1, 0.15) is 5.75 Å². The maximum atomic E-state index is 11.8. The van der Waals surface area contributed by atoms with Crippen molar-refractivity contribution in [1.82, 2.24) is 0 Å². The fraction of sp³-hybridized carbons (Fsp3) is 0.333. The Hall–Kier alpha value is -1.73. The normalized spacial score (nSPS) is 19.2. The van der Waals surface area contributed by atoms with E-state index in [0.29, 0.717) is 23.0 Å². The molecule has 0 aromatic heterocycles. The Bertz CT molecular complexity index is 496. The number of benzene rings is 1. The molecule has 2 rings (SSSR count). The standard InChI is InChI=1S/C12H11ClN2O2/c1-17-11-3-2-9(13)5-10(11)15-7-8(6-14)4-12(15)16/h2-3,5,8H,4,7H2,1H3. The molecule has 0 radical (unpaired) electrons. The zero-order chi connectivity index (χ0) is 12.4. The minimum atomic E-state index is -0.258. The van der Waals surface area contributed by atoms with Gasteiger partial charge in [0.2, 0.25) is 5.91 Å². The monoisotopic (exact) mass is 250 g/mol. The molecule has 1 aromatic rings. The van der Waals surface area contributed by atoms with E-state index in [4.69, 9.17) is 21.6 Å². The van der Waals surface area contributed by atoms with Crippen LogP contribution in [-0.2, 0) is 4.79 Å². The van der Waals surface area contributed by atoms with Crippen molar-refractivity contribution in [3.63, 3.8) is 0 Å². The third-order valence-corrected chi connectivity index (χ3v) is 2.97. The van der Waals surface area contributed by atoms with Crippen molar-refractivity contribution >= 4 is 23.2 Å². The van der Waals surface area contributed by atoms with E-state index in [1.807, 2.05) is 0 Å². The molecule has 0 bridgehead atoms. The molecule has 0 aliphatic carbocycles. The molecule has 0 saturated carbocycles. The summed E-state index contributed by atoms with van der Waals surface area (Å²) in [5.74, 6) is 0.254. The molecule has 5 heteroatoms. The molecule has 1 saturated heterocycles. The average Bonchev–Trinajstić information content (AvgIpc) is 2.70. The third-order valence-electron chi connectivity index (χ3n) is 2.74. The van der Waals surface area contributed by atoms with Crippen molar-refractivity contribution in [3.05, 3.63) is 23.2 Å². The SMILES string of the molecule is COc1ccc(Cl)cc1N1CC(C#N)CC1=O. The Morgan fingerprint density at radius 2 is 2.35 bits per heavy atom. The number of halogens is 1. The summed E-state index contributed by atoms with van der Waals surface area (Å²) in [5.41, 5.74) is 0.628. The summed E-state index contributed by atoms with van der Waals surface area (Å²) in [4.78, 5) is 13.4. The molecule has 1 atom stereocenters. The van der Waals surface area contributed by atoms with Gasteiger partial charge in [-0.25, -0.2) is 0 Å². The van der Waals surface area contributed by atoms with Gasteiger partial charge in [-0.15, -0.1) is 0 Å². The first-order valence-corrected chi connectivity index (χ1v) is 5.57. The number of nitrogens with zero attached hydrogens (tertiary/aromatic N) is 2. The molecule has 0 spiro atoms. The number of hydrogen-bond donors (Lipinski definition) is 0. The molecule has 1 aromatic carbocycles. The molecule has 88 valence electrons. The number of methoxy groups -OCH3 is 1. The van der Waals surface area contributed by atoms with Crippen molar-refractivity contribution < 1.29 is 9.53 Å². The van der Waals surface area contributed by atoms with Crippen LogP contribution in [0.1, 0.15) is 6.42 Å². The average molecular weight is 251 g/mol. The van der Waals surface area contributed by atoms with Crippen molar-refractivity contribution in [3.8, 4) is 11.8 Å². The van der Waals surface area contributed by atoms with E-state index in [9.17, 15) is 4.79 Å². The number of anilines is 1. The molecule has 0 N–H and O–H groups in total. The zero-order valence-corrected chi connectivity index (χ0v) is 10.1. The van der Waals surface area contributed by atoms with Crippen LogP contribution in [0.15, 0.2) is 18.2 Å². The molecule has 1 fully saturated rings. The van der Waals surface area contributed by atoms with Crippen molar-refractivity contribution in [2.75, 3.05) is 18.6 Å². The fourth-order valence-electron chi connectivity index (χ4n) is 1.90. The lowest BCUT2D eigenvalue weighted by Gasteiger charge is -2.19. The largest absolute Gasteiger partial charge is 0.495 e. The van der Waals surface area contributed by atoms with Crippen LogP contribution in [0.25, 0.3) is 0 Å². The first kappa shape index (κ1) is 11.7. The van der Waals surface area contributed by atoms with E-state index < -0.39 is 0 Å². The number of ether oxygens (including phenoxy) is 1. The summed E-state index contributed by atoms with van der Waals surface area (Å²) in [6.07, 6.45) is 0.256. The second-order valence-electron chi connectivity index (χ2n) is 3.85. The van der Waals surface area contributed by atoms with E-state index in [1.54, 1.807) is 23.1 Å². The van der Waals surface area contributed by atoms with E-state index in [2.05, 4.69) is 6.07 Å². The Labute approximate surface area is 104 Å². The van der Waals surface area contributed by atoms with Crippen LogP contribution in [0, 0.1) is 17.2 Å². The van der Waals surface area contributed by atoms with Gasteiger partial charge in [0.15, 0.2) is 0 Å². The zero-order valence-electron chi connectivity index (χ0n) is 9.31. The van der Waals surface area contributed by atoms with Gasteiger partial charge in [0.25, 0.3) is 0 Å². The van der Waals surface area contributed by atoms with Gasteiger partial charge >= 0.3 is 0 Å². The molecule has 1 heterocycles. The Balaban J connectivity index is 2.37. The highest BCUT2D eigenvalue weighted by Gasteiger charge is 2.32. The lowest BCUT2D eigenvalue weighted by Crippen LogP contribution is -2.24. The molecule has 1 amide bonds. The lowest BCUT2D eigenvalue weighted by molar-refractivity contribution is -0.117. The molecular weight excluding hydrogens is 240 g/mol. The topological polar surface area (TPSA) is 53.3 Å². The van der Waals surface area contributed by atoms with Crippen LogP contribution >= 0.6 is 11.6 Å². The fourth-order valence-corrected chi connectivity index (χ4v) is 2.07. The minimum absolute atomic E-state index is 0.0721. The predicted octanol–water partition coefficient (Wildman–Crippen LogP) is 2.23. The summed E-state index contributed by atoms with van der Waals surface area (Å²) < 4.78 is 5.19. The highest BCUT2D eigenvalue weighted by molar-refractivity contribution is 6.31. The molecule has 1 unspecified atom stereocenters. The third kappa shape index (κ3) is 2.20. The molecule has 4 nitrogen and oxygen atoms in total. The Kier molecular flexibility index (Phi) is 3.21. The maximum Gasteiger partial charge on any atom is 0.228 e. The van der Waals surface area contributed by atoms with Gasteiger partial charge in [0, 0.05) is 18.0 Å². The lowest BCUT2D eigenvalue weighted by atomic mass is 10.1. The van der Waals surface area contributed by atoms with Crippen molar-refractivity contribution in [2.24, 2.45) is 5.92 Å². The van der Waals surface area contributed by atoms with Crippen LogP contribution in [0.4, 0.5) is 5.69 Å². The highest BCUT2D eigenvalue weighted by atomic mass is 35.5. The van der Waals surface area contributed by atoms with Crippen LogP contribution in [0.5, 0.6) is 5.75 Å². The summed E-state index contributed by atoms with van der Waals surface area (Å²) in [6.45, 7) is 0.395. The molecule has 1 aliphatic rings. The second-order valence-corrected chi connectivity index (χ2v) is 4.29. The first-order chi connectivity index (χ1) is 8.15. The van der Waals surface area contributed by atoms with E-state index >= 15 is 0 Å². The number of hydrogen-bond acceptors (Lipinski definition) is 3. The molecular formula is C12H11ClN2O2. The maximum absolute atomic E-state index is 11.8. The van der Waals surface area contributed by atoms with Crippen LogP contribution in [0.3, 0.4) is 0 Å². The molecule has 17 heavy (non-hydrogen) atoms. The summed E-state index contributed by atoms with van der Waals surface area (Å²) in [6, 6.07) is 7.20. The number of rotatable bonds is 2. The minimum Gasteiger partial charge on any atom is -0.495 e. The number of nitriles is 1. The summed E-state index contributed by atoms with van der Waals surface area (Å²) >= 11 is 5.91. The smallest absolute Gasteiger partial charge is 0.228 e. The van der Waals surface area contributed by atoms with Gasteiger partial charge in [0.05, 0.1) is 24.8 Å². The molecule has 1 aliphatic heterocycles. The van der Waals surface area contributed by atoms with Crippen molar-refractivity contribution in [1.29, 1.82) is 5.26 Å². The number of amides is 1. The van der Waals surface area contributed by atoms with E-state index in [-0.39, 0.29) is 18.2 Å². The van der Waals surface area contributed by atoms with Gasteiger partial charge in [-0.2, -0.15) is 5.26 Å². The summed E-state index contributed by atoms with van der Waals surface area (Å²) in [5, 5.41) is 9.38. The van der Waals surface area contributed by atoms with Gasteiger partial charge in [-0.3, -0.25) is 4.79 Å². The predicted molar refractivity (Wildman–Crippen MR) is 64.1 cm³/mol. The van der Waals surface area contributed by atoms with Crippen LogP contribution in [-0.4, -0.2) is 19.6 Å². The second kappa shape index (κ2) is 4.64.